The fourth-order valence-corrected chi connectivity index (χ4v) is 1.30. The Labute approximate surface area is 82.7 Å². The molecule has 0 N–H and O–H groups in total. The second kappa shape index (κ2) is 7.30. The van der Waals surface area contributed by atoms with E-state index in [1.165, 1.54) is 12.8 Å². The van der Waals surface area contributed by atoms with Crippen molar-refractivity contribution in [1.29, 1.82) is 0 Å². The maximum absolute atomic E-state index is 5.72. The molecule has 0 amide bonds. The molecule has 0 aromatic heterocycles. The minimum Gasteiger partial charge on any atom is -0.350 e. The van der Waals surface area contributed by atoms with Gasteiger partial charge in [-0.3, -0.25) is 9.80 Å². The normalized spacial score (nSPS) is 12.0. The van der Waals surface area contributed by atoms with E-state index in [4.69, 9.17) is 4.74 Å². The molecule has 0 radical (unpaired) electrons. The van der Waals surface area contributed by atoms with Gasteiger partial charge < -0.3 is 4.74 Å². The van der Waals surface area contributed by atoms with Gasteiger partial charge in [0.15, 0.2) is 6.35 Å². The molecule has 3 heteroatoms. The van der Waals surface area contributed by atoms with Crippen LogP contribution in [0, 0.1) is 0 Å². The van der Waals surface area contributed by atoms with E-state index in [1.807, 2.05) is 28.2 Å². The number of hydrogen-bond donors (Lipinski definition) is 0. The van der Waals surface area contributed by atoms with Gasteiger partial charge in [0.25, 0.3) is 0 Å². The van der Waals surface area contributed by atoms with Crippen LogP contribution in [-0.4, -0.2) is 50.9 Å². The summed E-state index contributed by atoms with van der Waals surface area (Å²) < 4.78 is 5.72. The Hall–Kier alpha value is -0.120. The molecule has 0 aromatic carbocycles. The molecule has 0 rings (SSSR count). The van der Waals surface area contributed by atoms with Crippen LogP contribution in [0.3, 0.4) is 0 Å². The molecule has 0 spiro atoms. The predicted octanol–water partition coefficient (Wildman–Crippen LogP) is 1.60. The molecular formula is C10H24N2O. The van der Waals surface area contributed by atoms with Crippen LogP contribution in [0.25, 0.3) is 0 Å². The average Bonchev–Trinajstić information content (AvgIpc) is 2.02. The first-order chi connectivity index (χ1) is 6.09. The molecule has 0 aliphatic heterocycles. The fraction of sp³-hybridized carbons (Fsp3) is 1.00. The molecule has 13 heavy (non-hydrogen) atoms. The van der Waals surface area contributed by atoms with Gasteiger partial charge >= 0.3 is 0 Å². The van der Waals surface area contributed by atoms with Crippen LogP contribution in [0.1, 0.15) is 26.2 Å². The van der Waals surface area contributed by atoms with Crippen LogP contribution in [0.2, 0.25) is 0 Å². The summed E-state index contributed by atoms with van der Waals surface area (Å²) in [5.41, 5.74) is 0. The third-order valence-electron chi connectivity index (χ3n) is 1.90. The Morgan fingerprint density at radius 3 is 1.92 bits per heavy atom. The van der Waals surface area contributed by atoms with E-state index in [2.05, 4.69) is 16.7 Å². The highest BCUT2D eigenvalue weighted by atomic mass is 16.5. The predicted molar refractivity (Wildman–Crippen MR) is 56.6 cm³/mol. The minimum atomic E-state index is 0.108. The first kappa shape index (κ1) is 12.9. The van der Waals surface area contributed by atoms with Crippen molar-refractivity contribution < 1.29 is 4.74 Å². The highest BCUT2D eigenvalue weighted by Gasteiger charge is 2.12. The highest BCUT2D eigenvalue weighted by molar-refractivity contribution is 4.50. The van der Waals surface area contributed by atoms with Gasteiger partial charge in [-0.15, -0.1) is 0 Å². The van der Waals surface area contributed by atoms with Crippen molar-refractivity contribution in [3.8, 4) is 0 Å². The van der Waals surface area contributed by atoms with E-state index >= 15 is 0 Å². The minimum absolute atomic E-state index is 0.108. The van der Waals surface area contributed by atoms with Crippen molar-refractivity contribution in [2.75, 3.05) is 34.8 Å². The van der Waals surface area contributed by atoms with Gasteiger partial charge in [-0.1, -0.05) is 19.8 Å². The van der Waals surface area contributed by atoms with E-state index in [0.29, 0.717) is 0 Å². The molecule has 3 nitrogen and oxygen atoms in total. The standard InChI is InChI=1S/C10H24N2O/c1-6-7-8-9-13-10(11(2)3)12(4)5/h10H,6-9H2,1-5H3. The van der Waals surface area contributed by atoms with Gasteiger partial charge in [0.1, 0.15) is 0 Å². The first-order valence-corrected chi connectivity index (χ1v) is 5.04. The first-order valence-electron chi connectivity index (χ1n) is 5.04. The van der Waals surface area contributed by atoms with Crippen LogP contribution in [0.4, 0.5) is 0 Å². The zero-order valence-electron chi connectivity index (χ0n) is 9.71. The largest absolute Gasteiger partial charge is 0.350 e. The molecule has 0 atom stereocenters. The molecular weight excluding hydrogens is 164 g/mol. The summed E-state index contributed by atoms with van der Waals surface area (Å²) >= 11 is 0. The number of hydrogen-bond acceptors (Lipinski definition) is 3. The van der Waals surface area contributed by atoms with E-state index in [1.54, 1.807) is 0 Å². The zero-order chi connectivity index (χ0) is 10.3. The van der Waals surface area contributed by atoms with Crippen molar-refractivity contribution in [2.24, 2.45) is 0 Å². The third-order valence-corrected chi connectivity index (χ3v) is 1.90. The van der Waals surface area contributed by atoms with Gasteiger partial charge in [0.2, 0.25) is 0 Å². The van der Waals surface area contributed by atoms with Crippen molar-refractivity contribution in [1.82, 2.24) is 9.80 Å². The van der Waals surface area contributed by atoms with Crippen molar-refractivity contribution in [3.63, 3.8) is 0 Å². The van der Waals surface area contributed by atoms with Crippen molar-refractivity contribution >= 4 is 0 Å². The monoisotopic (exact) mass is 188 g/mol. The lowest BCUT2D eigenvalue weighted by Gasteiger charge is -2.30. The smallest absolute Gasteiger partial charge is 0.167 e. The van der Waals surface area contributed by atoms with Crippen LogP contribution < -0.4 is 0 Å². The SMILES string of the molecule is CCCCCOC(N(C)C)N(C)C. The lowest BCUT2D eigenvalue weighted by atomic mass is 10.3. The second-order valence-corrected chi connectivity index (χ2v) is 3.83. The van der Waals surface area contributed by atoms with Gasteiger partial charge in [-0.05, 0) is 34.6 Å². The molecule has 0 aliphatic rings. The Bertz CT molecular complexity index is 107. The van der Waals surface area contributed by atoms with E-state index in [-0.39, 0.29) is 6.35 Å². The van der Waals surface area contributed by atoms with Gasteiger partial charge in [0.05, 0.1) is 6.61 Å². The number of rotatable bonds is 7. The van der Waals surface area contributed by atoms with Crippen LogP contribution in [0.5, 0.6) is 0 Å². The third kappa shape index (κ3) is 6.02. The molecule has 0 unspecified atom stereocenters. The van der Waals surface area contributed by atoms with Crippen molar-refractivity contribution in [2.45, 2.75) is 32.5 Å². The summed E-state index contributed by atoms with van der Waals surface area (Å²) in [6, 6.07) is 0. The fourth-order valence-electron chi connectivity index (χ4n) is 1.30. The maximum atomic E-state index is 5.72. The number of unbranched alkanes of at least 4 members (excludes halogenated alkanes) is 2. The zero-order valence-corrected chi connectivity index (χ0v) is 9.71. The molecule has 0 aromatic rings. The summed E-state index contributed by atoms with van der Waals surface area (Å²) in [4.78, 5) is 4.15. The summed E-state index contributed by atoms with van der Waals surface area (Å²) in [6.07, 6.45) is 3.78. The quantitative estimate of drug-likeness (QED) is 0.446. The highest BCUT2D eigenvalue weighted by Crippen LogP contribution is 2.02. The van der Waals surface area contributed by atoms with E-state index in [0.717, 1.165) is 13.0 Å². The molecule has 0 saturated heterocycles. The number of ether oxygens (including phenoxy) is 1. The van der Waals surface area contributed by atoms with E-state index < -0.39 is 0 Å². The maximum Gasteiger partial charge on any atom is 0.167 e. The molecule has 0 fully saturated rings. The topological polar surface area (TPSA) is 15.7 Å². The average molecular weight is 188 g/mol. The van der Waals surface area contributed by atoms with E-state index in [9.17, 15) is 0 Å². The number of nitrogens with zero attached hydrogens (tertiary/aromatic N) is 2. The Kier molecular flexibility index (Phi) is 7.23. The molecule has 0 bridgehead atoms. The molecule has 0 aliphatic carbocycles. The second-order valence-electron chi connectivity index (χ2n) is 3.83. The summed E-state index contributed by atoms with van der Waals surface area (Å²) in [7, 11) is 8.13. The molecule has 80 valence electrons. The molecule has 0 heterocycles. The van der Waals surface area contributed by atoms with Crippen molar-refractivity contribution in [3.05, 3.63) is 0 Å². The molecule has 0 saturated carbocycles. The van der Waals surface area contributed by atoms with Crippen LogP contribution >= 0.6 is 0 Å². The Morgan fingerprint density at radius 1 is 1.00 bits per heavy atom. The lowest BCUT2D eigenvalue weighted by molar-refractivity contribution is -0.119. The van der Waals surface area contributed by atoms with Crippen LogP contribution in [0.15, 0.2) is 0 Å². The Balaban J connectivity index is 3.58. The van der Waals surface area contributed by atoms with Gasteiger partial charge in [0, 0.05) is 0 Å². The van der Waals surface area contributed by atoms with Gasteiger partial charge in [-0.25, -0.2) is 0 Å². The Morgan fingerprint density at radius 2 is 1.54 bits per heavy atom. The van der Waals surface area contributed by atoms with Gasteiger partial charge in [-0.2, -0.15) is 0 Å². The van der Waals surface area contributed by atoms with Crippen LogP contribution in [-0.2, 0) is 4.74 Å². The lowest BCUT2D eigenvalue weighted by Crippen LogP contribution is -2.42. The summed E-state index contributed by atoms with van der Waals surface area (Å²) in [5.74, 6) is 0. The summed E-state index contributed by atoms with van der Waals surface area (Å²) in [5, 5.41) is 0. The summed E-state index contributed by atoms with van der Waals surface area (Å²) in [6.45, 7) is 3.06.